The Labute approximate surface area is 225 Å². The van der Waals surface area contributed by atoms with Crippen LogP contribution in [0.15, 0.2) is 23.0 Å². The first-order valence-corrected chi connectivity index (χ1v) is 14.6. The summed E-state index contributed by atoms with van der Waals surface area (Å²) in [6.07, 6.45) is 10.5. The molecule has 2 saturated heterocycles. The molecule has 1 atom stereocenters. The molecule has 1 aromatic heterocycles. The monoisotopic (exact) mass is 525 g/mol. The van der Waals surface area contributed by atoms with Crippen LogP contribution in [0.3, 0.4) is 0 Å². The number of piperidine rings is 1. The number of benzene rings is 1. The molecule has 0 radical (unpaired) electrons. The lowest BCUT2D eigenvalue weighted by atomic mass is 9.94. The number of amides is 2. The van der Waals surface area contributed by atoms with E-state index in [0.29, 0.717) is 6.42 Å². The lowest BCUT2D eigenvalue weighted by Crippen LogP contribution is -2.50. The van der Waals surface area contributed by atoms with Crippen molar-refractivity contribution in [3.8, 4) is 0 Å². The molecule has 9 nitrogen and oxygen atoms in total. The highest BCUT2D eigenvalue weighted by Crippen LogP contribution is 2.25. The highest BCUT2D eigenvalue weighted by Gasteiger charge is 2.31. The first kappa shape index (κ1) is 27.1. The van der Waals surface area contributed by atoms with E-state index in [9.17, 15) is 14.4 Å². The summed E-state index contributed by atoms with van der Waals surface area (Å²) in [6.45, 7) is 7.46. The lowest BCUT2D eigenvalue weighted by Gasteiger charge is -2.40. The summed E-state index contributed by atoms with van der Waals surface area (Å²) in [5.41, 5.74) is 2.45. The topological polar surface area (TPSA) is 88.8 Å². The Kier molecular flexibility index (Phi) is 8.97. The molecule has 5 rings (SSSR count). The van der Waals surface area contributed by atoms with Crippen LogP contribution in [0.4, 0.5) is 0 Å². The Morgan fingerprint density at radius 2 is 1.68 bits per heavy atom. The normalized spacial score (nSPS) is 22.3. The van der Waals surface area contributed by atoms with E-state index in [1.54, 1.807) is 11.6 Å². The van der Waals surface area contributed by atoms with Crippen molar-refractivity contribution in [1.82, 2.24) is 24.3 Å². The Balaban J connectivity index is 1.02. The molecule has 2 aliphatic heterocycles. The number of aromatic nitrogens is 2. The fraction of sp³-hybridized carbons (Fsp3) is 0.690. The van der Waals surface area contributed by atoms with E-state index in [4.69, 9.17) is 4.74 Å². The van der Waals surface area contributed by atoms with Crippen LogP contribution in [-0.4, -0.2) is 82.7 Å². The van der Waals surface area contributed by atoms with Gasteiger partial charge in [0.2, 0.25) is 11.8 Å². The number of imide groups is 1. The van der Waals surface area contributed by atoms with Crippen LogP contribution in [0.25, 0.3) is 11.0 Å². The molecule has 1 unspecified atom stereocenters. The van der Waals surface area contributed by atoms with E-state index in [-0.39, 0.29) is 18.0 Å². The molecule has 1 N–H and O–H groups in total. The molecule has 2 aromatic rings. The third-order valence-electron chi connectivity index (χ3n) is 8.69. The van der Waals surface area contributed by atoms with Gasteiger partial charge in [-0.2, -0.15) is 0 Å². The number of carbonyl (C=O) groups excluding carboxylic acids is 2. The Morgan fingerprint density at radius 1 is 0.921 bits per heavy atom. The maximum absolute atomic E-state index is 12.9. The Morgan fingerprint density at radius 3 is 2.45 bits per heavy atom. The van der Waals surface area contributed by atoms with Crippen molar-refractivity contribution in [2.24, 2.45) is 7.05 Å². The second-order valence-corrected chi connectivity index (χ2v) is 11.2. The fourth-order valence-corrected chi connectivity index (χ4v) is 6.46. The summed E-state index contributed by atoms with van der Waals surface area (Å²) >= 11 is 0. The van der Waals surface area contributed by atoms with Gasteiger partial charge >= 0.3 is 5.69 Å². The first-order chi connectivity index (χ1) is 18.5. The maximum atomic E-state index is 12.9. The second kappa shape index (κ2) is 12.6. The van der Waals surface area contributed by atoms with Gasteiger partial charge in [0.1, 0.15) is 6.04 Å². The van der Waals surface area contributed by atoms with Crippen LogP contribution in [-0.2, 0) is 27.8 Å². The molecule has 38 heavy (non-hydrogen) atoms. The standard InChI is InChI=1S/C29H43N5O4/c1-31-26-21-22(10-11-24(26)34(29(31)37)25-12-13-27(35)30-28(25)36)7-5-19-38-20-6-14-32-15-17-33(18-16-32)23-8-3-2-4-9-23/h10-11,21,23,25H,2-9,12-20H2,1H3,(H,30,35,36). The third kappa shape index (κ3) is 6.21. The molecule has 3 heterocycles. The van der Waals surface area contributed by atoms with Crippen molar-refractivity contribution < 1.29 is 14.3 Å². The Hall–Kier alpha value is -2.49. The SMILES string of the molecule is Cn1c(=O)n(C2CCC(=O)NC2=O)c2ccc(CCCOCCCN3CCN(C4CCCCC4)CC3)cc21. The van der Waals surface area contributed by atoms with Crippen LogP contribution < -0.4 is 11.0 Å². The minimum absolute atomic E-state index is 0.231. The summed E-state index contributed by atoms with van der Waals surface area (Å²) in [5, 5.41) is 2.36. The molecule has 3 fully saturated rings. The molecule has 3 aliphatic rings. The number of aryl methyl sites for hydroxylation is 2. The van der Waals surface area contributed by atoms with Crippen LogP contribution in [0.1, 0.15) is 69.4 Å². The summed E-state index contributed by atoms with van der Waals surface area (Å²) < 4.78 is 9.05. The number of imidazole rings is 1. The van der Waals surface area contributed by atoms with Crippen molar-refractivity contribution in [1.29, 1.82) is 0 Å². The molecular formula is C29H43N5O4. The zero-order chi connectivity index (χ0) is 26.5. The highest BCUT2D eigenvalue weighted by atomic mass is 16.5. The number of carbonyl (C=O) groups is 2. The predicted octanol–water partition coefficient (Wildman–Crippen LogP) is 2.61. The number of piperazine rings is 1. The number of ether oxygens (including phenoxy) is 1. The first-order valence-electron chi connectivity index (χ1n) is 14.6. The molecule has 0 spiro atoms. The van der Waals surface area contributed by atoms with Crippen LogP contribution in [0.2, 0.25) is 0 Å². The van der Waals surface area contributed by atoms with Crippen LogP contribution in [0.5, 0.6) is 0 Å². The third-order valence-corrected chi connectivity index (χ3v) is 8.69. The molecule has 1 aliphatic carbocycles. The number of hydrogen-bond acceptors (Lipinski definition) is 6. The highest BCUT2D eigenvalue weighted by molar-refractivity contribution is 6.00. The summed E-state index contributed by atoms with van der Waals surface area (Å²) in [5.74, 6) is -0.685. The second-order valence-electron chi connectivity index (χ2n) is 11.2. The van der Waals surface area contributed by atoms with Gasteiger partial charge < -0.3 is 9.64 Å². The zero-order valence-electron chi connectivity index (χ0n) is 22.8. The summed E-state index contributed by atoms with van der Waals surface area (Å²) in [7, 11) is 1.73. The summed E-state index contributed by atoms with van der Waals surface area (Å²) in [4.78, 5) is 42.1. The van der Waals surface area contributed by atoms with Crippen molar-refractivity contribution in [3.63, 3.8) is 0 Å². The molecule has 1 aromatic carbocycles. The smallest absolute Gasteiger partial charge is 0.329 e. The van der Waals surface area contributed by atoms with Gasteiger partial charge in [-0.25, -0.2) is 4.79 Å². The van der Waals surface area contributed by atoms with Gasteiger partial charge in [0.15, 0.2) is 0 Å². The van der Waals surface area contributed by atoms with Crippen LogP contribution in [0, 0.1) is 0 Å². The van der Waals surface area contributed by atoms with Gasteiger partial charge in [-0.3, -0.25) is 28.9 Å². The molecular weight excluding hydrogens is 482 g/mol. The predicted molar refractivity (Wildman–Crippen MR) is 147 cm³/mol. The molecule has 9 heteroatoms. The van der Waals surface area contributed by atoms with Crippen molar-refractivity contribution >= 4 is 22.8 Å². The number of rotatable bonds is 10. The van der Waals surface area contributed by atoms with Crippen molar-refractivity contribution in [3.05, 3.63) is 34.2 Å². The van der Waals surface area contributed by atoms with E-state index < -0.39 is 11.9 Å². The van der Waals surface area contributed by atoms with Gasteiger partial charge in [0.05, 0.1) is 11.0 Å². The molecule has 1 saturated carbocycles. The number of nitrogens with one attached hydrogen (secondary N) is 1. The lowest BCUT2D eigenvalue weighted by molar-refractivity contribution is -0.135. The number of hydrogen-bond donors (Lipinski definition) is 1. The molecule has 2 amide bonds. The molecule has 0 bridgehead atoms. The van der Waals surface area contributed by atoms with E-state index in [1.807, 2.05) is 18.2 Å². The van der Waals surface area contributed by atoms with E-state index in [2.05, 4.69) is 15.1 Å². The van der Waals surface area contributed by atoms with Crippen molar-refractivity contribution in [2.45, 2.75) is 76.3 Å². The van der Waals surface area contributed by atoms with Crippen LogP contribution >= 0.6 is 0 Å². The fourth-order valence-electron chi connectivity index (χ4n) is 6.46. The van der Waals surface area contributed by atoms with Gasteiger partial charge in [-0.1, -0.05) is 25.3 Å². The Bertz CT molecular complexity index is 1170. The number of fused-ring (bicyclic) bond motifs is 1. The van der Waals surface area contributed by atoms with Gasteiger partial charge in [0.25, 0.3) is 0 Å². The van der Waals surface area contributed by atoms with Gasteiger partial charge in [-0.15, -0.1) is 0 Å². The average molecular weight is 526 g/mol. The van der Waals surface area contributed by atoms with E-state index in [1.165, 1.54) is 62.9 Å². The van der Waals surface area contributed by atoms with E-state index in [0.717, 1.165) is 61.7 Å². The minimum Gasteiger partial charge on any atom is -0.381 e. The zero-order valence-corrected chi connectivity index (χ0v) is 22.8. The maximum Gasteiger partial charge on any atom is 0.329 e. The number of nitrogens with zero attached hydrogens (tertiary/aromatic N) is 4. The molecule has 208 valence electrons. The summed E-state index contributed by atoms with van der Waals surface area (Å²) in [6, 6.07) is 6.17. The average Bonchev–Trinajstić information content (AvgIpc) is 3.18. The van der Waals surface area contributed by atoms with Gasteiger partial charge in [0, 0.05) is 65.4 Å². The largest absolute Gasteiger partial charge is 0.381 e. The quantitative estimate of drug-likeness (QED) is 0.379. The van der Waals surface area contributed by atoms with Crippen molar-refractivity contribution in [2.75, 3.05) is 45.9 Å². The van der Waals surface area contributed by atoms with E-state index >= 15 is 0 Å². The van der Waals surface area contributed by atoms with Gasteiger partial charge in [-0.05, 0) is 56.2 Å². The minimum atomic E-state index is -0.649.